The molecule has 0 amide bonds. The molecule has 0 saturated heterocycles. The Hall–Kier alpha value is -3.88. The van der Waals surface area contributed by atoms with Gasteiger partial charge in [-0.1, -0.05) is 18.2 Å². The van der Waals surface area contributed by atoms with Gasteiger partial charge in [0.25, 0.3) is 11.1 Å². The number of anilines is 1. The highest BCUT2D eigenvalue weighted by molar-refractivity contribution is 5.94. The van der Waals surface area contributed by atoms with E-state index < -0.39 is 28.7 Å². The van der Waals surface area contributed by atoms with Crippen molar-refractivity contribution in [3.8, 4) is 0 Å². The molecule has 9 heteroatoms. The average molecular weight is 394 g/mol. The molecule has 2 aromatic heterocycles. The number of benzene rings is 1. The van der Waals surface area contributed by atoms with E-state index in [1.54, 1.807) is 32.0 Å². The Bertz CT molecular complexity index is 1350. The van der Waals surface area contributed by atoms with Gasteiger partial charge in [0.2, 0.25) is 0 Å². The number of H-pyrrole nitrogens is 3. The highest BCUT2D eigenvalue weighted by Gasteiger charge is 2.37. The summed E-state index contributed by atoms with van der Waals surface area (Å²) in [7, 11) is 0. The van der Waals surface area contributed by atoms with Gasteiger partial charge in [-0.3, -0.25) is 19.6 Å². The van der Waals surface area contributed by atoms with Crippen LogP contribution >= 0.6 is 0 Å². The molecular weight excluding hydrogens is 376 g/mol. The molecule has 1 aromatic carbocycles. The normalized spacial score (nSPS) is 15.7. The second-order valence-corrected chi connectivity index (χ2v) is 6.66. The van der Waals surface area contributed by atoms with E-state index in [0.29, 0.717) is 11.2 Å². The third-order valence-corrected chi connectivity index (χ3v) is 4.86. The van der Waals surface area contributed by atoms with Gasteiger partial charge in [0, 0.05) is 16.8 Å². The van der Waals surface area contributed by atoms with Crippen LogP contribution in [-0.4, -0.2) is 27.5 Å². The number of allylic oxidation sites excluding steroid dienone is 1. The smallest absolute Gasteiger partial charge is 0.336 e. The number of carbonyl (C=O) groups excluding carboxylic acids is 1. The summed E-state index contributed by atoms with van der Waals surface area (Å²) in [4.78, 5) is 57.6. The van der Waals surface area contributed by atoms with Crippen molar-refractivity contribution in [2.45, 2.75) is 19.8 Å². The first kappa shape index (κ1) is 18.5. The van der Waals surface area contributed by atoms with Crippen LogP contribution in [0.25, 0.3) is 10.9 Å². The quantitative estimate of drug-likeness (QED) is 0.494. The minimum atomic E-state index is -1.01. The molecule has 3 aromatic rings. The van der Waals surface area contributed by atoms with Crippen LogP contribution in [0.1, 0.15) is 30.9 Å². The predicted octanol–water partition coefficient (Wildman–Crippen LogP) is 1.30. The molecule has 1 aliphatic rings. The minimum absolute atomic E-state index is 0.0686. The number of pyridine rings is 1. The van der Waals surface area contributed by atoms with Gasteiger partial charge in [0.05, 0.1) is 23.7 Å². The minimum Gasteiger partial charge on any atom is -0.463 e. The molecule has 0 fully saturated rings. The van der Waals surface area contributed by atoms with E-state index in [1.165, 1.54) is 0 Å². The van der Waals surface area contributed by atoms with E-state index >= 15 is 0 Å². The van der Waals surface area contributed by atoms with Crippen molar-refractivity contribution in [2.24, 2.45) is 0 Å². The number of ether oxygens (including phenoxy) is 1. The lowest BCUT2D eigenvalue weighted by Gasteiger charge is -2.28. The number of rotatable bonds is 3. The van der Waals surface area contributed by atoms with Crippen molar-refractivity contribution in [1.82, 2.24) is 15.0 Å². The van der Waals surface area contributed by atoms with Gasteiger partial charge in [-0.15, -0.1) is 0 Å². The monoisotopic (exact) mass is 394 g/mol. The molecule has 0 spiro atoms. The van der Waals surface area contributed by atoms with E-state index in [1.807, 2.05) is 12.1 Å². The van der Waals surface area contributed by atoms with Gasteiger partial charge in [0.15, 0.2) is 0 Å². The molecule has 0 saturated carbocycles. The summed E-state index contributed by atoms with van der Waals surface area (Å²) >= 11 is 0. The number of aromatic nitrogens is 3. The first-order chi connectivity index (χ1) is 13.9. The number of aromatic amines is 3. The number of hydrogen-bond acceptors (Lipinski definition) is 6. The Morgan fingerprint density at radius 1 is 1.07 bits per heavy atom. The standard InChI is InChI=1S/C20H18N4O5/c1-3-29-19(27)13-9(2)21-16-15(18(26)24-20(28)23-16)14(13)11-8-10-6-4-5-7-12(10)22-17(11)25/h4-8,14H,3H2,1-2H3,(H,22,25)(H3,21,23,24,26,28)/t14-/m0/s1. The average Bonchev–Trinajstić information content (AvgIpc) is 2.66. The molecule has 4 N–H and O–H groups in total. The van der Waals surface area contributed by atoms with Gasteiger partial charge in [-0.25, -0.2) is 9.59 Å². The first-order valence-electron chi connectivity index (χ1n) is 9.04. The van der Waals surface area contributed by atoms with Crippen LogP contribution in [0.3, 0.4) is 0 Å². The SMILES string of the molecule is CCOC(=O)C1=C(C)Nc2[nH]c(=O)[nH]c(=O)c2[C@H]1c1cc2ccccc2[nH]c1=O. The Labute approximate surface area is 163 Å². The molecule has 0 aliphatic carbocycles. The Morgan fingerprint density at radius 3 is 2.59 bits per heavy atom. The fourth-order valence-corrected chi connectivity index (χ4v) is 3.66. The van der Waals surface area contributed by atoms with Crippen molar-refractivity contribution in [3.63, 3.8) is 0 Å². The second-order valence-electron chi connectivity index (χ2n) is 6.66. The summed E-state index contributed by atoms with van der Waals surface area (Å²) in [5.74, 6) is -1.52. The van der Waals surface area contributed by atoms with Gasteiger partial charge < -0.3 is 15.0 Å². The highest BCUT2D eigenvalue weighted by Crippen LogP contribution is 2.38. The lowest BCUT2D eigenvalue weighted by Crippen LogP contribution is -2.36. The number of para-hydroxylation sites is 1. The first-order valence-corrected chi connectivity index (χ1v) is 9.04. The van der Waals surface area contributed by atoms with Crippen molar-refractivity contribution in [3.05, 3.63) is 83.9 Å². The molecule has 9 nitrogen and oxygen atoms in total. The van der Waals surface area contributed by atoms with Gasteiger partial charge in [-0.2, -0.15) is 0 Å². The van der Waals surface area contributed by atoms with E-state index in [0.717, 1.165) is 5.39 Å². The largest absolute Gasteiger partial charge is 0.463 e. The van der Waals surface area contributed by atoms with E-state index in [4.69, 9.17) is 4.74 Å². The highest BCUT2D eigenvalue weighted by atomic mass is 16.5. The van der Waals surface area contributed by atoms with E-state index in [2.05, 4.69) is 20.3 Å². The lowest BCUT2D eigenvalue weighted by molar-refractivity contribution is -0.138. The van der Waals surface area contributed by atoms with Crippen LogP contribution < -0.4 is 22.1 Å². The maximum Gasteiger partial charge on any atom is 0.336 e. The van der Waals surface area contributed by atoms with Crippen LogP contribution in [0.15, 0.2) is 56.0 Å². The molecule has 1 aliphatic heterocycles. The van der Waals surface area contributed by atoms with Crippen molar-refractivity contribution >= 4 is 22.7 Å². The van der Waals surface area contributed by atoms with Gasteiger partial charge in [-0.05, 0) is 31.4 Å². The van der Waals surface area contributed by atoms with Gasteiger partial charge >= 0.3 is 11.7 Å². The maximum atomic E-state index is 12.9. The zero-order chi connectivity index (χ0) is 20.7. The van der Waals surface area contributed by atoms with Crippen LogP contribution in [0.2, 0.25) is 0 Å². The van der Waals surface area contributed by atoms with Crippen molar-refractivity contribution in [1.29, 1.82) is 0 Å². The number of fused-ring (bicyclic) bond motifs is 2. The molecule has 29 heavy (non-hydrogen) atoms. The molecule has 148 valence electrons. The zero-order valence-electron chi connectivity index (χ0n) is 15.7. The summed E-state index contributed by atoms with van der Waals surface area (Å²) in [6.45, 7) is 3.42. The molecular formula is C20H18N4O5. The van der Waals surface area contributed by atoms with Crippen LogP contribution in [0.5, 0.6) is 0 Å². The fourth-order valence-electron chi connectivity index (χ4n) is 3.66. The lowest BCUT2D eigenvalue weighted by atomic mass is 9.82. The molecule has 3 heterocycles. The topological polar surface area (TPSA) is 137 Å². The molecule has 0 radical (unpaired) electrons. The van der Waals surface area contributed by atoms with E-state index in [-0.39, 0.29) is 29.1 Å². The molecule has 0 bridgehead atoms. The van der Waals surface area contributed by atoms with E-state index in [9.17, 15) is 19.2 Å². The van der Waals surface area contributed by atoms with Crippen molar-refractivity contribution < 1.29 is 9.53 Å². The summed E-state index contributed by atoms with van der Waals surface area (Å²) in [5, 5.41) is 3.62. The number of nitrogens with one attached hydrogen (secondary N) is 4. The number of esters is 1. The fraction of sp³-hybridized carbons (Fsp3) is 0.200. The second kappa shape index (κ2) is 6.93. The molecule has 1 atom stereocenters. The number of carbonyl (C=O) groups is 1. The Kier molecular flexibility index (Phi) is 4.42. The van der Waals surface area contributed by atoms with Crippen LogP contribution in [-0.2, 0) is 9.53 Å². The summed E-state index contributed by atoms with van der Waals surface area (Å²) in [6, 6.07) is 8.83. The van der Waals surface area contributed by atoms with Crippen LogP contribution in [0.4, 0.5) is 5.82 Å². The maximum absolute atomic E-state index is 12.9. The summed E-state index contributed by atoms with van der Waals surface area (Å²) < 4.78 is 5.18. The Morgan fingerprint density at radius 2 is 1.83 bits per heavy atom. The Balaban J connectivity index is 2.06. The van der Waals surface area contributed by atoms with Crippen LogP contribution in [0, 0.1) is 0 Å². The molecule has 4 rings (SSSR count). The predicted molar refractivity (Wildman–Crippen MR) is 107 cm³/mol. The number of hydrogen-bond donors (Lipinski definition) is 4. The molecule has 0 unspecified atom stereocenters. The third-order valence-electron chi connectivity index (χ3n) is 4.86. The zero-order valence-corrected chi connectivity index (χ0v) is 15.7. The summed E-state index contributed by atoms with van der Waals surface area (Å²) in [6.07, 6.45) is 0. The summed E-state index contributed by atoms with van der Waals surface area (Å²) in [5.41, 5.74) is -0.410. The van der Waals surface area contributed by atoms with Crippen molar-refractivity contribution in [2.75, 3.05) is 11.9 Å². The third kappa shape index (κ3) is 3.06. The van der Waals surface area contributed by atoms with Gasteiger partial charge in [0.1, 0.15) is 5.82 Å².